The summed E-state index contributed by atoms with van der Waals surface area (Å²) in [7, 11) is 0. The third-order valence-corrected chi connectivity index (χ3v) is 3.81. The first-order valence-electron chi connectivity index (χ1n) is 7.81. The highest BCUT2D eigenvalue weighted by Gasteiger charge is 2.13. The van der Waals surface area contributed by atoms with Gasteiger partial charge >= 0.3 is 0 Å². The van der Waals surface area contributed by atoms with Gasteiger partial charge in [-0.05, 0) is 56.2 Å². The summed E-state index contributed by atoms with van der Waals surface area (Å²) in [6.07, 6.45) is 2.58. The molecule has 0 unspecified atom stereocenters. The predicted octanol–water partition coefficient (Wildman–Crippen LogP) is 4.20. The summed E-state index contributed by atoms with van der Waals surface area (Å²) in [4.78, 5) is 12.3. The molecule has 0 aliphatic rings. The van der Waals surface area contributed by atoms with E-state index in [2.05, 4.69) is 16.8 Å². The van der Waals surface area contributed by atoms with Crippen LogP contribution in [0.2, 0.25) is 0 Å². The van der Waals surface area contributed by atoms with E-state index in [0.29, 0.717) is 5.69 Å². The average Bonchev–Trinajstić information content (AvgIpc) is 2.80. The topological polar surface area (TPSA) is 57.8 Å². The largest absolute Gasteiger partial charge is 0.349 e. The fraction of sp³-hybridized carbons (Fsp3) is 0.263. The van der Waals surface area contributed by atoms with Crippen LogP contribution in [0.4, 0.5) is 10.1 Å². The molecule has 0 aliphatic heterocycles. The van der Waals surface area contributed by atoms with Gasteiger partial charge in [-0.15, -0.1) is 0 Å². The fourth-order valence-electron chi connectivity index (χ4n) is 2.61. The zero-order chi connectivity index (χ0) is 17.7. The minimum absolute atomic E-state index is 0.0176. The number of rotatable bonds is 5. The lowest BCUT2D eigenvalue weighted by Gasteiger charge is -2.07. The van der Waals surface area contributed by atoms with Gasteiger partial charge in [-0.1, -0.05) is 13.0 Å². The Hall–Kier alpha value is -2.87. The maximum Gasteiger partial charge on any atom is 0.266 e. The predicted molar refractivity (Wildman–Crippen MR) is 92.8 cm³/mol. The second-order valence-electron chi connectivity index (χ2n) is 5.61. The summed E-state index contributed by atoms with van der Waals surface area (Å²) in [5, 5.41) is 11.8. The highest BCUT2D eigenvalue weighted by atomic mass is 19.1. The molecule has 4 nitrogen and oxygen atoms in total. The maximum absolute atomic E-state index is 13.2. The van der Waals surface area contributed by atoms with Gasteiger partial charge in [0.1, 0.15) is 17.5 Å². The number of carbonyl (C=O) groups excluding carboxylic acids is 1. The molecule has 0 saturated heterocycles. The Bertz CT molecular complexity index is 828. The van der Waals surface area contributed by atoms with Crippen LogP contribution in [-0.4, -0.2) is 10.5 Å². The van der Waals surface area contributed by atoms with Crippen molar-refractivity contribution in [3.8, 4) is 6.07 Å². The lowest BCUT2D eigenvalue weighted by atomic mass is 10.1. The van der Waals surface area contributed by atoms with E-state index in [4.69, 9.17) is 0 Å². The van der Waals surface area contributed by atoms with Gasteiger partial charge in [0.25, 0.3) is 5.91 Å². The highest BCUT2D eigenvalue weighted by Crippen LogP contribution is 2.19. The Morgan fingerprint density at radius 1 is 1.38 bits per heavy atom. The first-order valence-corrected chi connectivity index (χ1v) is 7.81. The number of nitrogens with zero attached hydrogens (tertiary/aromatic N) is 2. The number of carbonyl (C=O) groups is 1. The second-order valence-corrected chi connectivity index (χ2v) is 5.61. The summed E-state index contributed by atoms with van der Waals surface area (Å²) in [6.45, 7) is 6.96. The van der Waals surface area contributed by atoms with Crippen LogP contribution in [0.3, 0.4) is 0 Å². The Balaban J connectivity index is 2.28. The molecule has 1 heterocycles. The Morgan fingerprint density at radius 2 is 2.12 bits per heavy atom. The third kappa shape index (κ3) is 3.90. The van der Waals surface area contributed by atoms with E-state index in [0.717, 1.165) is 29.9 Å². The van der Waals surface area contributed by atoms with E-state index in [1.807, 2.05) is 26.0 Å². The number of amides is 1. The summed E-state index contributed by atoms with van der Waals surface area (Å²) in [6, 6.07) is 9.45. The number of halogens is 1. The standard InChI is InChI=1S/C19H20FN3O/c1-4-8-23-13(2)9-15(14(23)3)10-16(12-21)19(24)22-18-7-5-6-17(20)11-18/h5-7,9-11H,4,8H2,1-3H3,(H,22,24). The van der Waals surface area contributed by atoms with Crippen molar-refractivity contribution in [3.05, 3.63) is 58.7 Å². The Morgan fingerprint density at radius 3 is 2.75 bits per heavy atom. The quantitative estimate of drug-likeness (QED) is 0.661. The number of nitrogens with one attached hydrogen (secondary N) is 1. The van der Waals surface area contributed by atoms with Gasteiger partial charge in [0, 0.05) is 23.6 Å². The smallest absolute Gasteiger partial charge is 0.266 e. The lowest BCUT2D eigenvalue weighted by molar-refractivity contribution is -0.112. The van der Waals surface area contributed by atoms with Crippen LogP contribution in [0, 0.1) is 31.0 Å². The molecule has 0 aliphatic carbocycles. The van der Waals surface area contributed by atoms with Crippen LogP contribution >= 0.6 is 0 Å². The fourth-order valence-corrected chi connectivity index (χ4v) is 2.61. The first-order chi connectivity index (χ1) is 11.5. The van der Waals surface area contributed by atoms with E-state index in [1.165, 1.54) is 18.2 Å². The number of hydrogen-bond donors (Lipinski definition) is 1. The van der Waals surface area contributed by atoms with E-state index in [-0.39, 0.29) is 5.57 Å². The molecular weight excluding hydrogens is 305 g/mol. The van der Waals surface area contributed by atoms with Gasteiger partial charge in [0.05, 0.1) is 0 Å². The summed E-state index contributed by atoms with van der Waals surface area (Å²) < 4.78 is 15.3. The molecule has 1 aromatic carbocycles. The SMILES string of the molecule is CCCn1c(C)cc(C=C(C#N)C(=O)Nc2cccc(F)c2)c1C. The van der Waals surface area contributed by atoms with Crippen molar-refractivity contribution in [3.63, 3.8) is 0 Å². The molecule has 5 heteroatoms. The van der Waals surface area contributed by atoms with Crippen LogP contribution in [0.1, 0.15) is 30.3 Å². The zero-order valence-electron chi connectivity index (χ0n) is 14.1. The molecule has 0 atom stereocenters. The maximum atomic E-state index is 13.2. The van der Waals surface area contributed by atoms with Crippen molar-refractivity contribution in [1.82, 2.24) is 4.57 Å². The molecule has 124 valence electrons. The van der Waals surface area contributed by atoms with Crippen LogP contribution in [-0.2, 0) is 11.3 Å². The van der Waals surface area contributed by atoms with Crippen LogP contribution < -0.4 is 5.32 Å². The average molecular weight is 325 g/mol. The molecule has 0 spiro atoms. The first kappa shape index (κ1) is 17.5. The van der Waals surface area contributed by atoms with E-state index < -0.39 is 11.7 Å². The number of nitriles is 1. The van der Waals surface area contributed by atoms with Crippen molar-refractivity contribution in [2.45, 2.75) is 33.7 Å². The van der Waals surface area contributed by atoms with Gasteiger partial charge in [0.15, 0.2) is 0 Å². The number of aryl methyl sites for hydroxylation is 1. The van der Waals surface area contributed by atoms with Gasteiger partial charge in [0.2, 0.25) is 0 Å². The summed E-state index contributed by atoms with van der Waals surface area (Å²) in [5.41, 5.74) is 3.24. The molecule has 2 rings (SSSR count). The minimum atomic E-state index is -0.552. The molecule has 1 aromatic heterocycles. The molecule has 1 N–H and O–H groups in total. The van der Waals surface area contributed by atoms with Gasteiger partial charge < -0.3 is 9.88 Å². The molecule has 0 fully saturated rings. The van der Waals surface area contributed by atoms with Crippen molar-refractivity contribution >= 4 is 17.7 Å². The normalized spacial score (nSPS) is 11.2. The van der Waals surface area contributed by atoms with Crippen molar-refractivity contribution in [2.24, 2.45) is 0 Å². The van der Waals surface area contributed by atoms with Gasteiger partial charge in [-0.2, -0.15) is 5.26 Å². The molecule has 0 bridgehead atoms. The Kier molecular flexibility index (Phi) is 5.54. The van der Waals surface area contributed by atoms with E-state index in [9.17, 15) is 14.4 Å². The molecule has 0 radical (unpaired) electrons. The molecule has 2 aromatic rings. The third-order valence-electron chi connectivity index (χ3n) is 3.81. The highest BCUT2D eigenvalue weighted by molar-refractivity contribution is 6.09. The van der Waals surface area contributed by atoms with Crippen molar-refractivity contribution < 1.29 is 9.18 Å². The van der Waals surface area contributed by atoms with E-state index >= 15 is 0 Å². The molecule has 1 amide bonds. The number of benzene rings is 1. The summed E-state index contributed by atoms with van der Waals surface area (Å²) >= 11 is 0. The van der Waals surface area contributed by atoms with Gasteiger partial charge in [-0.25, -0.2) is 4.39 Å². The van der Waals surface area contributed by atoms with Crippen LogP contribution in [0.15, 0.2) is 35.9 Å². The zero-order valence-corrected chi connectivity index (χ0v) is 14.1. The molecule has 24 heavy (non-hydrogen) atoms. The lowest BCUT2D eigenvalue weighted by Crippen LogP contribution is -2.13. The Labute approximate surface area is 141 Å². The number of hydrogen-bond acceptors (Lipinski definition) is 2. The number of aromatic nitrogens is 1. The van der Waals surface area contributed by atoms with Crippen LogP contribution in [0.25, 0.3) is 6.08 Å². The second kappa shape index (κ2) is 7.60. The molecular formula is C19H20FN3O. The van der Waals surface area contributed by atoms with E-state index in [1.54, 1.807) is 12.1 Å². The van der Waals surface area contributed by atoms with Crippen LogP contribution in [0.5, 0.6) is 0 Å². The van der Waals surface area contributed by atoms with Crippen molar-refractivity contribution in [1.29, 1.82) is 5.26 Å². The van der Waals surface area contributed by atoms with Crippen molar-refractivity contribution in [2.75, 3.05) is 5.32 Å². The molecule has 0 saturated carbocycles. The number of anilines is 1. The van der Waals surface area contributed by atoms with Gasteiger partial charge in [-0.3, -0.25) is 4.79 Å². The summed E-state index contributed by atoms with van der Waals surface area (Å²) in [5.74, 6) is -0.998. The monoisotopic (exact) mass is 325 g/mol. The minimum Gasteiger partial charge on any atom is -0.349 e.